The Morgan fingerprint density at radius 3 is 2.63 bits per heavy atom. The molecule has 0 aliphatic heterocycles. The molecule has 2 N–H and O–H groups in total. The standard InChI is InChI=1S/C15H18N2O2/c1-12-10-13(11-19-12)15(18)17(9-5-8-16)14-6-3-2-4-7-14/h2-4,6-7,10-11H,5,8-9,16H2,1H3. The summed E-state index contributed by atoms with van der Waals surface area (Å²) in [7, 11) is 0. The van der Waals surface area contributed by atoms with Crippen molar-refractivity contribution in [2.75, 3.05) is 18.0 Å². The Labute approximate surface area is 112 Å². The molecule has 0 spiro atoms. The summed E-state index contributed by atoms with van der Waals surface area (Å²) >= 11 is 0. The van der Waals surface area contributed by atoms with E-state index in [4.69, 9.17) is 10.2 Å². The van der Waals surface area contributed by atoms with E-state index < -0.39 is 0 Å². The van der Waals surface area contributed by atoms with Gasteiger partial charge in [0, 0.05) is 12.2 Å². The van der Waals surface area contributed by atoms with Crippen molar-refractivity contribution in [2.45, 2.75) is 13.3 Å². The molecule has 0 radical (unpaired) electrons. The fourth-order valence-electron chi connectivity index (χ4n) is 1.92. The Balaban J connectivity index is 2.25. The smallest absolute Gasteiger partial charge is 0.261 e. The highest BCUT2D eigenvalue weighted by Crippen LogP contribution is 2.18. The van der Waals surface area contributed by atoms with Gasteiger partial charge in [0.05, 0.1) is 5.56 Å². The summed E-state index contributed by atoms with van der Waals surface area (Å²) in [6.45, 7) is 2.98. The Kier molecular flexibility index (Phi) is 4.36. The molecule has 0 unspecified atom stereocenters. The van der Waals surface area contributed by atoms with E-state index in [2.05, 4.69) is 0 Å². The minimum Gasteiger partial charge on any atom is -0.469 e. The second-order valence-corrected chi connectivity index (χ2v) is 4.38. The molecule has 0 aliphatic carbocycles. The van der Waals surface area contributed by atoms with Gasteiger partial charge >= 0.3 is 0 Å². The number of amides is 1. The van der Waals surface area contributed by atoms with Gasteiger partial charge in [-0.2, -0.15) is 0 Å². The van der Waals surface area contributed by atoms with Crippen LogP contribution < -0.4 is 10.6 Å². The molecule has 2 aromatic rings. The van der Waals surface area contributed by atoms with Gasteiger partial charge in [0.25, 0.3) is 5.91 Å². The van der Waals surface area contributed by atoms with E-state index in [1.54, 1.807) is 11.0 Å². The van der Waals surface area contributed by atoms with Crippen molar-refractivity contribution in [1.29, 1.82) is 0 Å². The lowest BCUT2D eigenvalue weighted by Gasteiger charge is -2.22. The molecule has 0 saturated heterocycles. The number of hydrogen-bond donors (Lipinski definition) is 1. The molecular formula is C15H18N2O2. The van der Waals surface area contributed by atoms with Gasteiger partial charge in [0.15, 0.2) is 0 Å². The first-order chi connectivity index (χ1) is 9.22. The Bertz CT molecular complexity index is 534. The Hall–Kier alpha value is -2.07. The molecule has 1 heterocycles. The van der Waals surface area contributed by atoms with Crippen LogP contribution >= 0.6 is 0 Å². The molecular weight excluding hydrogens is 240 g/mol. The SMILES string of the molecule is Cc1cc(C(=O)N(CCCN)c2ccccc2)co1. The largest absolute Gasteiger partial charge is 0.469 e. The Morgan fingerprint density at radius 2 is 2.05 bits per heavy atom. The maximum absolute atomic E-state index is 12.5. The monoisotopic (exact) mass is 258 g/mol. The van der Waals surface area contributed by atoms with Gasteiger partial charge in [0.2, 0.25) is 0 Å². The van der Waals surface area contributed by atoms with E-state index in [9.17, 15) is 4.79 Å². The molecule has 100 valence electrons. The quantitative estimate of drug-likeness (QED) is 0.896. The van der Waals surface area contributed by atoms with Crippen LogP contribution in [0.25, 0.3) is 0 Å². The van der Waals surface area contributed by atoms with Gasteiger partial charge in [0.1, 0.15) is 12.0 Å². The van der Waals surface area contributed by atoms with Gasteiger partial charge in [-0.1, -0.05) is 18.2 Å². The van der Waals surface area contributed by atoms with Crippen LogP contribution in [0.4, 0.5) is 5.69 Å². The number of nitrogens with two attached hydrogens (primary N) is 1. The van der Waals surface area contributed by atoms with Crippen molar-refractivity contribution in [3.8, 4) is 0 Å². The van der Waals surface area contributed by atoms with Gasteiger partial charge in [-0.15, -0.1) is 0 Å². The third kappa shape index (κ3) is 3.23. The van der Waals surface area contributed by atoms with Gasteiger partial charge in [-0.05, 0) is 38.1 Å². The molecule has 0 saturated carbocycles. The Morgan fingerprint density at radius 1 is 1.32 bits per heavy atom. The van der Waals surface area contributed by atoms with E-state index >= 15 is 0 Å². The second kappa shape index (κ2) is 6.20. The highest BCUT2D eigenvalue weighted by molar-refractivity contribution is 6.05. The van der Waals surface area contributed by atoms with E-state index in [0.29, 0.717) is 18.7 Å². The first kappa shape index (κ1) is 13.4. The number of anilines is 1. The first-order valence-electron chi connectivity index (χ1n) is 6.34. The summed E-state index contributed by atoms with van der Waals surface area (Å²) in [5, 5.41) is 0. The normalized spacial score (nSPS) is 10.4. The maximum atomic E-state index is 12.5. The second-order valence-electron chi connectivity index (χ2n) is 4.38. The lowest BCUT2D eigenvalue weighted by atomic mass is 10.2. The van der Waals surface area contributed by atoms with Crippen LogP contribution in [0.2, 0.25) is 0 Å². The molecule has 19 heavy (non-hydrogen) atoms. The number of carbonyl (C=O) groups is 1. The number of aryl methyl sites for hydroxylation is 1. The molecule has 0 aliphatic rings. The van der Waals surface area contributed by atoms with Crippen LogP contribution in [0.15, 0.2) is 47.1 Å². The van der Waals surface area contributed by atoms with E-state index in [-0.39, 0.29) is 5.91 Å². The number of hydrogen-bond acceptors (Lipinski definition) is 3. The molecule has 4 heteroatoms. The summed E-state index contributed by atoms with van der Waals surface area (Å²) in [5.41, 5.74) is 6.98. The average molecular weight is 258 g/mol. The summed E-state index contributed by atoms with van der Waals surface area (Å²) in [5.74, 6) is 0.673. The highest BCUT2D eigenvalue weighted by atomic mass is 16.3. The van der Waals surface area contributed by atoms with E-state index in [0.717, 1.165) is 17.9 Å². The van der Waals surface area contributed by atoms with Crippen LogP contribution in [0, 0.1) is 6.92 Å². The number of furan rings is 1. The van der Waals surface area contributed by atoms with Gasteiger partial charge < -0.3 is 15.1 Å². The van der Waals surface area contributed by atoms with Crippen molar-refractivity contribution in [3.05, 3.63) is 54.0 Å². The summed E-state index contributed by atoms with van der Waals surface area (Å²) < 4.78 is 5.20. The van der Waals surface area contributed by atoms with Crippen molar-refractivity contribution < 1.29 is 9.21 Å². The van der Waals surface area contributed by atoms with Gasteiger partial charge in [-0.25, -0.2) is 0 Å². The topological polar surface area (TPSA) is 59.5 Å². The molecule has 1 amide bonds. The lowest BCUT2D eigenvalue weighted by Crippen LogP contribution is -2.32. The maximum Gasteiger partial charge on any atom is 0.261 e. The zero-order chi connectivity index (χ0) is 13.7. The molecule has 2 rings (SSSR count). The molecule has 0 bridgehead atoms. The minimum atomic E-state index is -0.0588. The first-order valence-corrected chi connectivity index (χ1v) is 6.34. The van der Waals surface area contributed by atoms with Crippen LogP contribution in [0.1, 0.15) is 22.5 Å². The van der Waals surface area contributed by atoms with Crippen molar-refractivity contribution >= 4 is 11.6 Å². The number of para-hydroxylation sites is 1. The lowest BCUT2D eigenvalue weighted by molar-refractivity contribution is 0.0986. The predicted octanol–water partition coefficient (Wildman–Crippen LogP) is 2.58. The third-order valence-corrected chi connectivity index (χ3v) is 2.88. The summed E-state index contributed by atoms with van der Waals surface area (Å²) in [6.07, 6.45) is 2.26. The molecule has 0 atom stereocenters. The third-order valence-electron chi connectivity index (χ3n) is 2.88. The van der Waals surface area contributed by atoms with Gasteiger partial charge in [-0.3, -0.25) is 4.79 Å². The number of nitrogens with zero attached hydrogens (tertiary/aromatic N) is 1. The molecule has 0 fully saturated rings. The van der Waals surface area contributed by atoms with Crippen LogP contribution in [0.3, 0.4) is 0 Å². The van der Waals surface area contributed by atoms with Crippen LogP contribution in [-0.2, 0) is 0 Å². The molecule has 1 aromatic heterocycles. The van der Waals surface area contributed by atoms with Crippen molar-refractivity contribution in [2.24, 2.45) is 5.73 Å². The minimum absolute atomic E-state index is 0.0588. The zero-order valence-corrected chi connectivity index (χ0v) is 11.0. The summed E-state index contributed by atoms with van der Waals surface area (Å²) in [6, 6.07) is 11.3. The fraction of sp³-hybridized carbons (Fsp3) is 0.267. The molecule has 4 nitrogen and oxygen atoms in total. The van der Waals surface area contributed by atoms with Crippen LogP contribution in [0.5, 0.6) is 0 Å². The van der Waals surface area contributed by atoms with Crippen LogP contribution in [-0.4, -0.2) is 19.0 Å². The predicted molar refractivity (Wildman–Crippen MR) is 75.2 cm³/mol. The molecule has 1 aromatic carbocycles. The number of carbonyl (C=O) groups excluding carboxylic acids is 1. The van der Waals surface area contributed by atoms with Crippen molar-refractivity contribution in [3.63, 3.8) is 0 Å². The van der Waals surface area contributed by atoms with Crippen molar-refractivity contribution in [1.82, 2.24) is 0 Å². The highest BCUT2D eigenvalue weighted by Gasteiger charge is 2.18. The van der Waals surface area contributed by atoms with E-state index in [1.807, 2.05) is 37.3 Å². The zero-order valence-electron chi connectivity index (χ0n) is 11.0. The number of benzene rings is 1. The average Bonchev–Trinajstić information content (AvgIpc) is 2.87. The number of rotatable bonds is 5. The fourth-order valence-corrected chi connectivity index (χ4v) is 1.92. The van der Waals surface area contributed by atoms with E-state index in [1.165, 1.54) is 6.26 Å². The summed E-state index contributed by atoms with van der Waals surface area (Å²) in [4.78, 5) is 14.2.